The summed E-state index contributed by atoms with van der Waals surface area (Å²) in [5.41, 5.74) is 1.07. The molecule has 4 nitrogen and oxygen atoms in total. The van der Waals surface area contributed by atoms with Crippen LogP contribution in [-0.4, -0.2) is 41.7 Å². The Labute approximate surface area is 139 Å². The third-order valence-corrected chi connectivity index (χ3v) is 5.46. The van der Waals surface area contributed by atoms with Gasteiger partial charge in [-0.25, -0.2) is 4.90 Å². The summed E-state index contributed by atoms with van der Waals surface area (Å²) in [6.45, 7) is 5.09. The van der Waals surface area contributed by atoms with Crippen molar-refractivity contribution in [3.63, 3.8) is 0 Å². The average Bonchev–Trinajstić information content (AvgIpc) is 2.79. The van der Waals surface area contributed by atoms with Crippen molar-refractivity contribution in [1.82, 2.24) is 10.2 Å². The van der Waals surface area contributed by atoms with Crippen LogP contribution in [0.5, 0.6) is 0 Å². The van der Waals surface area contributed by atoms with Crippen molar-refractivity contribution in [2.45, 2.75) is 63.5 Å². The molecule has 0 radical (unpaired) electrons. The van der Waals surface area contributed by atoms with E-state index in [9.17, 15) is 5.11 Å². The molecular weight excluding hydrogens is 288 g/mol. The van der Waals surface area contributed by atoms with E-state index in [1.165, 1.54) is 12.0 Å². The summed E-state index contributed by atoms with van der Waals surface area (Å²) in [5.74, 6) is 0. The van der Waals surface area contributed by atoms with Crippen LogP contribution in [0.1, 0.15) is 57.1 Å². The molecule has 0 aliphatic carbocycles. The van der Waals surface area contributed by atoms with Gasteiger partial charge >= 0.3 is 0 Å². The van der Waals surface area contributed by atoms with E-state index >= 15 is 0 Å². The van der Waals surface area contributed by atoms with Crippen LogP contribution in [0.25, 0.3) is 0 Å². The maximum Gasteiger partial charge on any atom is 0.217 e. The first-order chi connectivity index (χ1) is 11.2. The normalized spacial score (nSPS) is 32.0. The van der Waals surface area contributed by atoms with E-state index in [-0.39, 0.29) is 11.6 Å². The molecule has 3 unspecified atom stereocenters. The van der Waals surface area contributed by atoms with Crippen LogP contribution in [0.15, 0.2) is 30.3 Å². The fourth-order valence-corrected chi connectivity index (χ4v) is 3.98. The van der Waals surface area contributed by atoms with Crippen LogP contribution >= 0.6 is 0 Å². The topological polar surface area (TPSA) is 44.7 Å². The number of hydrogen-bond acceptors (Lipinski definition) is 4. The van der Waals surface area contributed by atoms with E-state index in [4.69, 9.17) is 4.74 Å². The molecule has 2 N–H and O–H groups in total. The Morgan fingerprint density at radius 2 is 1.91 bits per heavy atom. The molecular formula is C19H30N2O2. The van der Waals surface area contributed by atoms with Crippen molar-refractivity contribution >= 4 is 0 Å². The lowest BCUT2D eigenvalue weighted by atomic mass is 9.88. The Morgan fingerprint density at radius 1 is 1.13 bits per heavy atom. The van der Waals surface area contributed by atoms with Gasteiger partial charge in [0.25, 0.3) is 0 Å². The van der Waals surface area contributed by atoms with Gasteiger partial charge in [-0.1, -0.05) is 30.3 Å². The molecule has 2 heterocycles. The highest BCUT2D eigenvalue weighted by molar-refractivity contribution is 5.18. The molecule has 1 aromatic carbocycles. The molecule has 2 aliphatic rings. The Kier molecular flexibility index (Phi) is 5.70. The second kappa shape index (κ2) is 7.75. The number of rotatable bonds is 2. The summed E-state index contributed by atoms with van der Waals surface area (Å²) in [5, 5.41) is 14.3. The first-order valence-corrected chi connectivity index (χ1v) is 9.08. The monoisotopic (exact) mass is 318 g/mol. The minimum atomic E-state index is -0.816. The predicted octanol–water partition coefficient (Wildman–Crippen LogP) is 3.04. The summed E-state index contributed by atoms with van der Waals surface area (Å²) in [6, 6.07) is 10.6. The Morgan fingerprint density at radius 3 is 2.74 bits per heavy atom. The largest absolute Gasteiger partial charge is 0.356 e. The molecule has 2 aliphatic heterocycles. The maximum atomic E-state index is 10.8. The maximum absolute atomic E-state index is 10.8. The molecule has 0 amide bonds. The first-order valence-electron chi connectivity index (χ1n) is 9.08. The molecule has 3 rings (SSSR count). The van der Waals surface area contributed by atoms with Crippen molar-refractivity contribution in [3.05, 3.63) is 35.9 Å². The van der Waals surface area contributed by atoms with Gasteiger partial charge in [0.15, 0.2) is 0 Å². The van der Waals surface area contributed by atoms with Crippen molar-refractivity contribution in [1.29, 1.82) is 0 Å². The summed E-state index contributed by atoms with van der Waals surface area (Å²) >= 11 is 0. The molecule has 0 bridgehead atoms. The van der Waals surface area contributed by atoms with Crippen molar-refractivity contribution < 1.29 is 9.84 Å². The number of nitrogens with zero attached hydrogens (tertiary/aromatic N) is 1. The number of aliphatic hydroxyl groups is 1. The minimum absolute atomic E-state index is 0.155. The van der Waals surface area contributed by atoms with E-state index in [0.717, 1.165) is 51.7 Å². The quantitative estimate of drug-likeness (QED) is 0.880. The SMILES string of the molecule is CC(c1ccccc1)N1CCCCC2(CCCNCC2)OC1O. The summed E-state index contributed by atoms with van der Waals surface area (Å²) in [7, 11) is 0. The molecule has 1 aromatic rings. The molecule has 0 saturated carbocycles. The van der Waals surface area contributed by atoms with E-state index in [1.807, 2.05) is 6.07 Å². The van der Waals surface area contributed by atoms with E-state index in [2.05, 4.69) is 41.4 Å². The fraction of sp³-hybridized carbons (Fsp3) is 0.684. The minimum Gasteiger partial charge on any atom is -0.356 e. The number of hydrogen-bond donors (Lipinski definition) is 2. The van der Waals surface area contributed by atoms with Gasteiger partial charge in [0.2, 0.25) is 6.41 Å². The Hall–Kier alpha value is -0.940. The number of ether oxygens (including phenoxy) is 1. The van der Waals surface area contributed by atoms with E-state index < -0.39 is 6.41 Å². The van der Waals surface area contributed by atoms with Gasteiger partial charge in [0.1, 0.15) is 0 Å². The lowest BCUT2D eigenvalue weighted by Gasteiger charge is -2.42. The number of aliphatic hydroxyl groups excluding tert-OH is 1. The zero-order chi connectivity index (χ0) is 16.1. The highest BCUT2D eigenvalue weighted by Crippen LogP contribution is 2.35. The lowest BCUT2D eigenvalue weighted by molar-refractivity contribution is -0.271. The molecule has 23 heavy (non-hydrogen) atoms. The fourth-order valence-electron chi connectivity index (χ4n) is 3.98. The zero-order valence-electron chi connectivity index (χ0n) is 14.2. The molecule has 2 saturated heterocycles. The van der Waals surface area contributed by atoms with Gasteiger partial charge in [0.05, 0.1) is 5.60 Å². The van der Waals surface area contributed by atoms with Gasteiger partial charge in [-0.2, -0.15) is 0 Å². The van der Waals surface area contributed by atoms with E-state index in [1.54, 1.807) is 0 Å². The van der Waals surface area contributed by atoms with Gasteiger partial charge in [-0.15, -0.1) is 0 Å². The smallest absolute Gasteiger partial charge is 0.217 e. The van der Waals surface area contributed by atoms with Crippen molar-refractivity contribution in [3.8, 4) is 0 Å². The van der Waals surface area contributed by atoms with Crippen molar-refractivity contribution in [2.24, 2.45) is 0 Å². The number of benzene rings is 1. The standard InChI is InChI=1S/C19H30N2O2/c1-16(17-8-3-2-4-9-17)21-15-6-5-10-19(23-18(21)22)11-7-13-20-14-12-19/h2-4,8-9,16,18,20,22H,5-7,10-15H2,1H3. The predicted molar refractivity (Wildman–Crippen MR) is 92.0 cm³/mol. The average molecular weight is 318 g/mol. The Bertz CT molecular complexity index is 472. The zero-order valence-corrected chi connectivity index (χ0v) is 14.2. The second-order valence-corrected chi connectivity index (χ2v) is 7.01. The second-order valence-electron chi connectivity index (χ2n) is 7.01. The van der Waals surface area contributed by atoms with Crippen molar-refractivity contribution in [2.75, 3.05) is 19.6 Å². The molecule has 1 spiro atoms. The highest BCUT2D eigenvalue weighted by atomic mass is 16.6. The first kappa shape index (κ1) is 16.9. The van der Waals surface area contributed by atoms with Crippen LogP contribution < -0.4 is 5.32 Å². The lowest BCUT2D eigenvalue weighted by Crippen LogP contribution is -2.48. The highest BCUT2D eigenvalue weighted by Gasteiger charge is 2.38. The van der Waals surface area contributed by atoms with Gasteiger partial charge in [-0.3, -0.25) is 0 Å². The third-order valence-electron chi connectivity index (χ3n) is 5.46. The van der Waals surface area contributed by atoms with E-state index in [0.29, 0.717) is 0 Å². The molecule has 2 fully saturated rings. The van der Waals surface area contributed by atoms with Gasteiger partial charge in [-0.05, 0) is 64.1 Å². The Balaban J connectivity index is 1.74. The van der Waals surface area contributed by atoms with Crippen LogP contribution in [-0.2, 0) is 4.74 Å². The van der Waals surface area contributed by atoms with Crippen LogP contribution in [0, 0.1) is 0 Å². The summed E-state index contributed by atoms with van der Waals surface area (Å²) < 4.78 is 6.30. The molecule has 4 heteroatoms. The van der Waals surface area contributed by atoms with Gasteiger partial charge in [0, 0.05) is 12.6 Å². The molecule has 0 aromatic heterocycles. The summed E-state index contributed by atoms with van der Waals surface area (Å²) in [4.78, 5) is 2.11. The molecule has 3 atom stereocenters. The van der Waals surface area contributed by atoms with Gasteiger partial charge < -0.3 is 15.2 Å². The van der Waals surface area contributed by atoms with Crippen LogP contribution in [0.4, 0.5) is 0 Å². The third kappa shape index (κ3) is 4.13. The summed E-state index contributed by atoms with van der Waals surface area (Å²) in [6.07, 6.45) is 5.71. The van der Waals surface area contributed by atoms with Crippen LogP contribution in [0.3, 0.4) is 0 Å². The van der Waals surface area contributed by atoms with Crippen LogP contribution in [0.2, 0.25) is 0 Å². The number of nitrogens with one attached hydrogen (secondary N) is 1. The molecule has 128 valence electrons.